The van der Waals surface area contributed by atoms with Gasteiger partial charge in [0.25, 0.3) is 0 Å². The molecule has 1 heterocycles. The molecular formula is C9H16N2O3. The lowest BCUT2D eigenvalue weighted by atomic mass is 10.1. The van der Waals surface area contributed by atoms with Gasteiger partial charge in [-0.05, 0) is 13.0 Å². The summed E-state index contributed by atoms with van der Waals surface area (Å²) in [7, 11) is 1.55. The third-order valence-corrected chi connectivity index (χ3v) is 2.48. The number of aliphatic carboxylic acids is 1. The maximum atomic E-state index is 11.4. The Kier molecular flexibility index (Phi) is 3.46. The quantitative estimate of drug-likeness (QED) is 0.675. The molecule has 0 bridgehead atoms. The summed E-state index contributed by atoms with van der Waals surface area (Å²) in [5.74, 6) is -1.04. The van der Waals surface area contributed by atoms with Gasteiger partial charge in [0.2, 0.25) is 5.91 Å². The van der Waals surface area contributed by atoms with E-state index in [1.54, 1.807) is 7.05 Å². The minimum absolute atomic E-state index is 0.114. The summed E-state index contributed by atoms with van der Waals surface area (Å²) in [4.78, 5) is 25.5. The fourth-order valence-corrected chi connectivity index (χ4v) is 1.64. The fraction of sp³-hybridized carbons (Fsp3) is 0.778. The molecule has 1 fully saturated rings. The Hall–Kier alpha value is -1.10. The highest BCUT2D eigenvalue weighted by atomic mass is 16.4. The molecular weight excluding hydrogens is 184 g/mol. The topological polar surface area (TPSA) is 60.9 Å². The Morgan fingerprint density at radius 1 is 1.64 bits per heavy atom. The zero-order valence-electron chi connectivity index (χ0n) is 8.56. The van der Waals surface area contributed by atoms with Crippen molar-refractivity contribution in [1.29, 1.82) is 0 Å². The number of carboxylic acids is 1. The molecule has 1 N–H and O–H groups in total. The maximum Gasteiger partial charge on any atom is 0.327 e. The summed E-state index contributed by atoms with van der Waals surface area (Å²) >= 11 is 0. The second-order valence-corrected chi connectivity index (χ2v) is 3.59. The molecule has 0 spiro atoms. The Morgan fingerprint density at radius 2 is 2.29 bits per heavy atom. The van der Waals surface area contributed by atoms with Gasteiger partial charge in [0.05, 0.1) is 6.54 Å². The van der Waals surface area contributed by atoms with Gasteiger partial charge in [0.15, 0.2) is 0 Å². The van der Waals surface area contributed by atoms with Crippen LogP contribution < -0.4 is 0 Å². The van der Waals surface area contributed by atoms with Gasteiger partial charge in [0, 0.05) is 13.6 Å². The average molecular weight is 200 g/mol. The number of rotatable bonds is 3. The lowest BCUT2D eigenvalue weighted by Gasteiger charge is -2.36. The highest BCUT2D eigenvalue weighted by Crippen LogP contribution is 2.09. The first-order valence-corrected chi connectivity index (χ1v) is 4.77. The summed E-state index contributed by atoms with van der Waals surface area (Å²) < 4.78 is 0. The van der Waals surface area contributed by atoms with Gasteiger partial charge in [-0.3, -0.25) is 9.69 Å². The van der Waals surface area contributed by atoms with Crippen molar-refractivity contribution in [3.63, 3.8) is 0 Å². The lowest BCUT2D eigenvalue weighted by molar-refractivity contribution is -0.154. The molecule has 1 rings (SSSR count). The summed E-state index contributed by atoms with van der Waals surface area (Å²) in [5, 5.41) is 8.89. The summed E-state index contributed by atoms with van der Waals surface area (Å²) in [6.07, 6.45) is 0.934. The first kappa shape index (κ1) is 11.0. The molecule has 0 aromatic carbocycles. The molecule has 14 heavy (non-hydrogen) atoms. The van der Waals surface area contributed by atoms with Crippen LogP contribution in [-0.4, -0.2) is 59.5 Å². The van der Waals surface area contributed by atoms with Crippen molar-refractivity contribution in [1.82, 2.24) is 9.80 Å². The van der Waals surface area contributed by atoms with Crippen LogP contribution in [-0.2, 0) is 9.59 Å². The van der Waals surface area contributed by atoms with Gasteiger partial charge in [-0.1, -0.05) is 6.92 Å². The zero-order chi connectivity index (χ0) is 10.7. The second kappa shape index (κ2) is 4.41. The van der Waals surface area contributed by atoms with E-state index < -0.39 is 12.0 Å². The van der Waals surface area contributed by atoms with Gasteiger partial charge >= 0.3 is 5.97 Å². The van der Waals surface area contributed by atoms with E-state index in [1.165, 1.54) is 4.90 Å². The van der Waals surface area contributed by atoms with Crippen LogP contribution in [0.5, 0.6) is 0 Å². The van der Waals surface area contributed by atoms with Crippen LogP contribution in [0, 0.1) is 0 Å². The Labute approximate surface area is 83.3 Å². The van der Waals surface area contributed by atoms with Gasteiger partial charge < -0.3 is 10.0 Å². The normalized spacial score (nSPS) is 24.0. The number of carboxylic acid groups (broad SMARTS) is 1. The lowest BCUT2D eigenvalue weighted by Crippen LogP contribution is -2.57. The molecule has 1 aliphatic rings. The van der Waals surface area contributed by atoms with E-state index in [2.05, 4.69) is 0 Å². The van der Waals surface area contributed by atoms with Crippen LogP contribution in [0.25, 0.3) is 0 Å². The van der Waals surface area contributed by atoms with E-state index in [0.29, 0.717) is 13.1 Å². The van der Waals surface area contributed by atoms with Crippen molar-refractivity contribution < 1.29 is 14.7 Å². The molecule has 80 valence electrons. The molecule has 1 unspecified atom stereocenters. The number of hydrogen-bond acceptors (Lipinski definition) is 3. The third-order valence-electron chi connectivity index (χ3n) is 2.48. The molecule has 1 saturated heterocycles. The molecule has 0 saturated carbocycles. The molecule has 5 nitrogen and oxygen atoms in total. The van der Waals surface area contributed by atoms with Crippen LogP contribution in [0.4, 0.5) is 0 Å². The monoisotopic (exact) mass is 200 g/mol. The summed E-state index contributed by atoms with van der Waals surface area (Å²) in [5.41, 5.74) is 0. The minimum atomic E-state index is -0.929. The van der Waals surface area contributed by atoms with Crippen molar-refractivity contribution in [2.45, 2.75) is 19.4 Å². The third kappa shape index (κ3) is 2.23. The highest BCUT2D eigenvalue weighted by Gasteiger charge is 2.33. The van der Waals surface area contributed by atoms with Crippen molar-refractivity contribution in [2.75, 3.05) is 26.7 Å². The summed E-state index contributed by atoms with van der Waals surface area (Å²) in [6.45, 7) is 3.57. The standard InChI is InChI=1S/C9H16N2O3/c1-3-4-11-5-7(9(13)14)10(2)8(12)6-11/h7H,3-6H2,1-2H3,(H,13,14). The Bertz CT molecular complexity index is 242. The van der Waals surface area contributed by atoms with E-state index >= 15 is 0 Å². The van der Waals surface area contributed by atoms with Crippen LogP contribution in [0.2, 0.25) is 0 Å². The predicted octanol–water partition coefficient (Wildman–Crippen LogP) is -0.376. The molecule has 0 aromatic heterocycles. The van der Waals surface area contributed by atoms with Gasteiger partial charge in [0.1, 0.15) is 6.04 Å². The van der Waals surface area contributed by atoms with Crippen LogP contribution in [0.1, 0.15) is 13.3 Å². The van der Waals surface area contributed by atoms with Crippen molar-refractivity contribution in [2.24, 2.45) is 0 Å². The Morgan fingerprint density at radius 3 is 2.79 bits per heavy atom. The van der Waals surface area contributed by atoms with E-state index in [4.69, 9.17) is 5.11 Å². The average Bonchev–Trinajstić information content (AvgIpc) is 2.11. The van der Waals surface area contributed by atoms with Crippen molar-refractivity contribution in [3.05, 3.63) is 0 Å². The van der Waals surface area contributed by atoms with Crippen molar-refractivity contribution in [3.8, 4) is 0 Å². The van der Waals surface area contributed by atoms with Gasteiger partial charge in [-0.15, -0.1) is 0 Å². The largest absolute Gasteiger partial charge is 0.480 e. The van der Waals surface area contributed by atoms with E-state index in [9.17, 15) is 9.59 Å². The number of hydrogen-bond donors (Lipinski definition) is 1. The number of carbonyl (C=O) groups is 2. The number of carbonyl (C=O) groups excluding carboxylic acids is 1. The highest BCUT2D eigenvalue weighted by molar-refractivity contribution is 5.86. The van der Waals surface area contributed by atoms with Crippen LogP contribution in [0.3, 0.4) is 0 Å². The zero-order valence-corrected chi connectivity index (χ0v) is 8.56. The maximum absolute atomic E-state index is 11.4. The molecule has 5 heteroatoms. The molecule has 0 radical (unpaired) electrons. The SMILES string of the molecule is CCCN1CC(=O)N(C)C(C(=O)O)C1. The first-order valence-electron chi connectivity index (χ1n) is 4.77. The van der Waals surface area contributed by atoms with Gasteiger partial charge in [-0.25, -0.2) is 4.79 Å². The number of piperazine rings is 1. The van der Waals surface area contributed by atoms with Gasteiger partial charge in [-0.2, -0.15) is 0 Å². The molecule has 1 aliphatic heterocycles. The fourth-order valence-electron chi connectivity index (χ4n) is 1.64. The number of likely N-dealkylation sites (N-methyl/N-ethyl adjacent to an activating group) is 1. The van der Waals surface area contributed by atoms with E-state index in [-0.39, 0.29) is 5.91 Å². The van der Waals surface area contributed by atoms with E-state index in [0.717, 1.165) is 13.0 Å². The Balaban J connectivity index is 2.66. The molecule has 1 atom stereocenters. The molecule has 0 aliphatic carbocycles. The van der Waals surface area contributed by atoms with Crippen LogP contribution >= 0.6 is 0 Å². The molecule has 1 amide bonds. The smallest absolute Gasteiger partial charge is 0.327 e. The first-order chi connectivity index (χ1) is 6.56. The number of nitrogens with zero attached hydrogens (tertiary/aromatic N) is 2. The van der Waals surface area contributed by atoms with Crippen molar-refractivity contribution >= 4 is 11.9 Å². The van der Waals surface area contributed by atoms with E-state index in [1.807, 2.05) is 11.8 Å². The minimum Gasteiger partial charge on any atom is -0.480 e. The molecule has 0 aromatic rings. The predicted molar refractivity (Wildman–Crippen MR) is 50.9 cm³/mol. The summed E-state index contributed by atoms with van der Waals surface area (Å²) in [6, 6.07) is -0.692. The van der Waals surface area contributed by atoms with Crippen LogP contribution in [0.15, 0.2) is 0 Å². The second-order valence-electron chi connectivity index (χ2n) is 3.59. The number of amides is 1.